The Morgan fingerprint density at radius 2 is 2.07 bits per heavy atom. The third-order valence-corrected chi connectivity index (χ3v) is 2.62. The lowest BCUT2D eigenvalue weighted by Crippen LogP contribution is -2.35. The fourth-order valence-corrected chi connectivity index (χ4v) is 1.84. The molecule has 0 spiro atoms. The Morgan fingerprint density at radius 3 is 2.64 bits per heavy atom. The smallest absolute Gasteiger partial charge is 0.257 e. The maximum Gasteiger partial charge on any atom is 0.257 e. The lowest BCUT2D eigenvalue weighted by atomic mass is 10.1. The lowest BCUT2D eigenvalue weighted by Gasteiger charge is -2.26. The van der Waals surface area contributed by atoms with Crippen molar-refractivity contribution in [2.45, 2.75) is 26.2 Å². The minimum atomic E-state index is 0.113. The molecule has 3 heteroatoms. The van der Waals surface area contributed by atoms with Crippen molar-refractivity contribution < 1.29 is 9.21 Å². The van der Waals surface area contributed by atoms with E-state index in [0.29, 0.717) is 5.56 Å². The molecule has 0 aromatic carbocycles. The fraction of sp³-hybridized carbons (Fsp3) is 0.545. The molecule has 1 amide bonds. The van der Waals surface area contributed by atoms with Gasteiger partial charge in [0.15, 0.2) is 0 Å². The van der Waals surface area contributed by atoms with Crippen LogP contribution >= 0.6 is 0 Å². The van der Waals surface area contributed by atoms with Crippen LogP contribution in [0.15, 0.2) is 16.7 Å². The Labute approximate surface area is 83.7 Å². The van der Waals surface area contributed by atoms with Gasteiger partial charge in [0.05, 0.1) is 5.56 Å². The molecule has 1 aliphatic rings. The predicted octanol–water partition coefficient (Wildman–Crippen LogP) is 2.21. The fourth-order valence-electron chi connectivity index (χ4n) is 1.84. The molecular formula is C11H15NO2. The molecule has 0 atom stereocenters. The van der Waals surface area contributed by atoms with Gasteiger partial charge in [-0.25, -0.2) is 0 Å². The van der Waals surface area contributed by atoms with Gasteiger partial charge in [-0.1, -0.05) is 0 Å². The van der Waals surface area contributed by atoms with E-state index in [4.69, 9.17) is 4.42 Å². The number of hydrogen-bond donors (Lipinski definition) is 0. The zero-order valence-corrected chi connectivity index (χ0v) is 8.45. The summed E-state index contributed by atoms with van der Waals surface area (Å²) in [7, 11) is 0. The Morgan fingerprint density at radius 1 is 1.36 bits per heavy atom. The molecule has 1 aliphatic heterocycles. The first kappa shape index (κ1) is 9.31. The van der Waals surface area contributed by atoms with Crippen molar-refractivity contribution >= 4 is 5.91 Å². The van der Waals surface area contributed by atoms with E-state index in [0.717, 1.165) is 31.7 Å². The summed E-state index contributed by atoms with van der Waals surface area (Å²) in [6.45, 7) is 3.64. The highest BCUT2D eigenvalue weighted by atomic mass is 16.3. The number of carbonyl (C=O) groups is 1. The molecule has 14 heavy (non-hydrogen) atoms. The average molecular weight is 193 g/mol. The van der Waals surface area contributed by atoms with Gasteiger partial charge < -0.3 is 9.32 Å². The Kier molecular flexibility index (Phi) is 2.57. The highest BCUT2D eigenvalue weighted by Gasteiger charge is 2.19. The maximum absolute atomic E-state index is 11.9. The normalized spacial score (nSPS) is 17.1. The number of aryl methyl sites for hydroxylation is 1. The molecule has 0 N–H and O–H groups in total. The maximum atomic E-state index is 11.9. The molecule has 0 radical (unpaired) electrons. The predicted molar refractivity (Wildman–Crippen MR) is 53.2 cm³/mol. The van der Waals surface area contributed by atoms with E-state index in [1.54, 1.807) is 12.3 Å². The monoisotopic (exact) mass is 193 g/mol. The van der Waals surface area contributed by atoms with E-state index < -0.39 is 0 Å². The van der Waals surface area contributed by atoms with Gasteiger partial charge >= 0.3 is 0 Å². The zero-order chi connectivity index (χ0) is 9.97. The Hall–Kier alpha value is -1.25. The van der Waals surface area contributed by atoms with Crippen LogP contribution in [0.4, 0.5) is 0 Å². The lowest BCUT2D eigenvalue weighted by molar-refractivity contribution is 0.0723. The standard InChI is InChI=1S/C11H15NO2/c1-9-7-10(8-14-9)11(13)12-5-3-2-4-6-12/h7-8H,2-6H2,1H3. The number of piperidine rings is 1. The molecule has 1 aromatic rings. The highest BCUT2D eigenvalue weighted by molar-refractivity contribution is 5.94. The second-order valence-electron chi connectivity index (χ2n) is 3.80. The molecule has 0 unspecified atom stereocenters. The quantitative estimate of drug-likeness (QED) is 0.685. The van der Waals surface area contributed by atoms with E-state index in [9.17, 15) is 4.79 Å². The average Bonchev–Trinajstić information content (AvgIpc) is 2.65. The summed E-state index contributed by atoms with van der Waals surface area (Å²) in [5, 5.41) is 0. The first-order chi connectivity index (χ1) is 6.77. The SMILES string of the molecule is Cc1cc(C(=O)N2CCCCC2)co1. The third-order valence-electron chi connectivity index (χ3n) is 2.62. The molecule has 3 nitrogen and oxygen atoms in total. The van der Waals surface area contributed by atoms with Crippen molar-refractivity contribution in [2.24, 2.45) is 0 Å². The van der Waals surface area contributed by atoms with E-state index in [2.05, 4.69) is 0 Å². The van der Waals surface area contributed by atoms with E-state index in [1.165, 1.54) is 6.42 Å². The van der Waals surface area contributed by atoms with Crippen LogP contribution in [0.25, 0.3) is 0 Å². The number of likely N-dealkylation sites (tertiary alicyclic amines) is 1. The second kappa shape index (κ2) is 3.86. The minimum Gasteiger partial charge on any atom is -0.469 e. The summed E-state index contributed by atoms with van der Waals surface area (Å²) in [6.07, 6.45) is 5.05. The summed E-state index contributed by atoms with van der Waals surface area (Å²) in [4.78, 5) is 13.8. The van der Waals surface area contributed by atoms with Gasteiger partial charge in [-0.05, 0) is 32.3 Å². The van der Waals surface area contributed by atoms with Gasteiger partial charge in [-0.15, -0.1) is 0 Å². The van der Waals surface area contributed by atoms with Crippen LogP contribution in [0.2, 0.25) is 0 Å². The van der Waals surface area contributed by atoms with Crippen molar-refractivity contribution in [3.05, 3.63) is 23.7 Å². The number of carbonyl (C=O) groups excluding carboxylic acids is 1. The third kappa shape index (κ3) is 1.81. The summed E-state index contributed by atoms with van der Waals surface area (Å²) in [5.74, 6) is 0.909. The van der Waals surface area contributed by atoms with Crippen molar-refractivity contribution in [1.29, 1.82) is 0 Å². The molecule has 1 fully saturated rings. The Balaban J connectivity index is 2.07. The molecule has 2 rings (SSSR count). The molecular weight excluding hydrogens is 178 g/mol. The highest BCUT2D eigenvalue weighted by Crippen LogP contribution is 2.14. The van der Waals surface area contributed by atoms with Crippen LogP contribution in [-0.4, -0.2) is 23.9 Å². The summed E-state index contributed by atoms with van der Waals surface area (Å²) < 4.78 is 5.13. The van der Waals surface area contributed by atoms with Crippen molar-refractivity contribution in [3.63, 3.8) is 0 Å². The van der Waals surface area contributed by atoms with Crippen LogP contribution in [0, 0.1) is 6.92 Å². The molecule has 0 saturated carbocycles. The van der Waals surface area contributed by atoms with Crippen molar-refractivity contribution in [2.75, 3.05) is 13.1 Å². The van der Waals surface area contributed by atoms with Crippen LogP contribution < -0.4 is 0 Å². The van der Waals surface area contributed by atoms with Gasteiger partial charge in [-0.3, -0.25) is 4.79 Å². The summed E-state index contributed by atoms with van der Waals surface area (Å²) in [5.41, 5.74) is 0.685. The van der Waals surface area contributed by atoms with Gasteiger partial charge in [0.1, 0.15) is 12.0 Å². The molecule has 76 valence electrons. The van der Waals surface area contributed by atoms with Gasteiger partial charge in [-0.2, -0.15) is 0 Å². The van der Waals surface area contributed by atoms with Crippen molar-refractivity contribution in [3.8, 4) is 0 Å². The summed E-state index contributed by atoms with van der Waals surface area (Å²) in [6, 6.07) is 1.80. The number of furan rings is 1. The van der Waals surface area contributed by atoms with E-state index in [-0.39, 0.29) is 5.91 Å². The first-order valence-electron chi connectivity index (χ1n) is 5.12. The Bertz CT molecular complexity index is 324. The van der Waals surface area contributed by atoms with Crippen LogP contribution in [-0.2, 0) is 0 Å². The molecule has 1 aromatic heterocycles. The first-order valence-corrected chi connectivity index (χ1v) is 5.12. The van der Waals surface area contributed by atoms with E-state index >= 15 is 0 Å². The summed E-state index contributed by atoms with van der Waals surface area (Å²) >= 11 is 0. The van der Waals surface area contributed by atoms with Gasteiger partial charge in [0.25, 0.3) is 5.91 Å². The van der Waals surface area contributed by atoms with E-state index in [1.807, 2.05) is 11.8 Å². The zero-order valence-electron chi connectivity index (χ0n) is 8.45. The topological polar surface area (TPSA) is 33.5 Å². The van der Waals surface area contributed by atoms with Crippen LogP contribution in [0.5, 0.6) is 0 Å². The minimum absolute atomic E-state index is 0.113. The van der Waals surface area contributed by atoms with Gasteiger partial charge in [0, 0.05) is 13.1 Å². The largest absolute Gasteiger partial charge is 0.469 e. The molecule has 0 bridgehead atoms. The molecule has 1 saturated heterocycles. The molecule has 2 heterocycles. The number of rotatable bonds is 1. The van der Waals surface area contributed by atoms with Crippen LogP contribution in [0.1, 0.15) is 35.4 Å². The number of hydrogen-bond acceptors (Lipinski definition) is 2. The number of nitrogens with zero attached hydrogens (tertiary/aromatic N) is 1. The van der Waals surface area contributed by atoms with Crippen molar-refractivity contribution in [1.82, 2.24) is 4.90 Å². The molecule has 0 aliphatic carbocycles. The second-order valence-corrected chi connectivity index (χ2v) is 3.80. The number of amides is 1. The van der Waals surface area contributed by atoms with Crippen LogP contribution in [0.3, 0.4) is 0 Å². The van der Waals surface area contributed by atoms with Gasteiger partial charge in [0.2, 0.25) is 0 Å².